The Morgan fingerprint density at radius 2 is 2.21 bits per heavy atom. The molecule has 3 nitrogen and oxygen atoms in total. The molecule has 0 aliphatic carbocycles. The van der Waals surface area contributed by atoms with Crippen LogP contribution in [-0.2, 0) is 9.47 Å². The summed E-state index contributed by atoms with van der Waals surface area (Å²) in [4.78, 5) is 2.41. The van der Waals surface area contributed by atoms with Crippen LogP contribution in [0, 0.1) is 0 Å². The summed E-state index contributed by atoms with van der Waals surface area (Å²) in [6.45, 7) is 8.53. The SMILES string of the molecule is CC1CN(CCOCCCl)C(C)CO1. The molecule has 0 aromatic carbocycles. The molecule has 1 aliphatic rings. The van der Waals surface area contributed by atoms with Crippen LogP contribution in [0.5, 0.6) is 0 Å². The Labute approximate surface area is 91.3 Å². The van der Waals surface area contributed by atoms with E-state index in [2.05, 4.69) is 18.7 Å². The summed E-state index contributed by atoms with van der Waals surface area (Å²) in [5, 5.41) is 0. The van der Waals surface area contributed by atoms with E-state index in [0.717, 1.165) is 26.3 Å². The first-order valence-corrected chi connectivity index (χ1v) is 5.77. The summed E-state index contributed by atoms with van der Waals surface area (Å²) in [7, 11) is 0. The van der Waals surface area contributed by atoms with Crippen LogP contribution in [0.1, 0.15) is 13.8 Å². The van der Waals surface area contributed by atoms with E-state index in [1.165, 1.54) is 0 Å². The Kier molecular flexibility index (Phi) is 5.78. The molecule has 14 heavy (non-hydrogen) atoms. The third kappa shape index (κ3) is 4.13. The van der Waals surface area contributed by atoms with E-state index in [0.29, 0.717) is 24.6 Å². The van der Waals surface area contributed by atoms with Gasteiger partial charge in [-0.05, 0) is 13.8 Å². The Balaban J connectivity index is 2.14. The average Bonchev–Trinajstić information content (AvgIpc) is 2.18. The molecule has 2 unspecified atom stereocenters. The number of morpholine rings is 1. The lowest BCUT2D eigenvalue weighted by atomic mass is 10.2. The van der Waals surface area contributed by atoms with E-state index in [1.54, 1.807) is 0 Å². The fraction of sp³-hybridized carbons (Fsp3) is 1.00. The maximum absolute atomic E-state index is 5.54. The van der Waals surface area contributed by atoms with Crippen molar-refractivity contribution in [3.8, 4) is 0 Å². The summed E-state index contributed by atoms with van der Waals surface area (Å²) < 4.78 is 10.9. The van der Waals surface area contributed by atoms with Crippen molar-refractivity contribution in [1.29, 1.82) is 0 Å². The highest BCUT2D eigenvalue weighted by Crippen LogP contribution is 2.10. The van der Waals surface area contributed by atoms with Crippen LogP contribution in [0.15, 0.2) is 0 Å². The van der Waals surface area contributed by atoms with Gasteiger partial charge in [0.1, 0.15) is 0 Å². The van der Waals surface area contributed by atoms with Gasteiger partial charge >= 0.3 is 0 Å². The topological polar surface area (TPSA) is 21.7 Å². The van der Waals surface area contributed by atoms with Gasteiger partial charge in [-0.15, -0.1) is 11.6 Å². The van der Waals surface area contributed by atoms with Gasteiger partial charge in [-0.3, -0.25) is 4.90 Å². The van der Waals surface area contributed by atoms with Gasteiger partial charge in [-0.2, -0.15) is 0 Å². The first-order valence-electron chi connectivity index (χ1n) is 5.23. The molecule has 0 amide bonds. The van der Waals surface area contributed by atoms with Crippen molar-refractivity contribution in [3.63, 3.8) is 0 Å². The summed E-state index contributed by atoms with van der Waals surface area (Å²) in [5.74, 6) is 0.578. The fourth-order valence-electron chi connectivity index (χ4n) is 1.62. The molecule has 0 bridgehead atoms. The molecule has 2 atom stereocenters. The predicted octanol–water partition coefficient (Wildman–Crippen LogP) is 1.35. The van der Waals surface area contributed by atoms with Crippen LogP contribution in [0.4, 0.5) is 0 Å². The summed E-state index contributed by atoms with van der Waals surface area (Å²) in [6.07, 6.45) is 0.347. The van der Waals surface area contributed by atoms with Crippen molar-refractivity contribution in [2.24, 2.45) is 0 Å². The second kappa shape index (κ2) is 6.62. The van der Waals surface area contributed by atoms with E-state index in [1.807, 2.05) is 0 Å². The van der Waals surface area contributed by atoms with E-state index in [9.17, 15) is 0 Å². The maximum Gasteiger partial charge on any atom is 0.0674 e. The third-order valence-electron chi connectivity index (χ3n) is 2.48. The van der Waals surface area contributed by atoms with Gasteiger partial charge in [0.25, 0.3) is 0 Å². The minimum atomic E-state index is 0.347. The van der Waals surface area contributed by atoms with Crippen LogP contribution in [0.25, 0.3) is 0 Å². The predicted molar refractivity (Wildman–Crippen MR) is 58.0 cm³/mol. The first-order chi connectivity index (χ1) is 6.74. The third-order valence-corrected chi connectivity index (χ3v) is 2.64. The lowest BCUT2D eigenvalue weighted by Crippen LogP contribution is -2.48. The molecule has 1 aliphatic heterocycles. The van der Waals surface area contributed by atoms with Gasteiger partial charge < -0.3 is 9.47 Å². The zero-order valence-electron chi connectivity index (χ0n) is 9.04. The van der Waals surface area contributed by atoms with E-state index in [4.69, 9.17) is 21.1 Å². The van der Waals surface area contributed by atoms with Crippen molar-refractivity contribution in [2.75, 3.05) is 38.8 Å². The molecule has 1 saturated heterocycles. The molecule has 0 N–H and O–H groups in total. The highest BCUT2D eigenvalue weighted by atomic mass is 35.5. The van der Waals surface area contributed by atoms with Crippen molar-refractivity contribution >= 4 is 11.6 Å². The Bertz CT molecular complexity index is 157. The molecule has 0 saturated carbocycles. The molecule has 1 rings (SSSR count). The van der Waals surface area contributed by atoms with Crippen LogP contribution in [0.2, 0.25) is 0 Å². The smallest absolute Gasteiger partial charge is 0.0674 e. The minimum absolute atomic E-state index is 0.347. The molecule has 0 aromatic rings. The number of nitrogens with zero attached hydrogens (tertiary/aromatic N) is 1. The van der Waals surface area contributed by atoms with Crippen LogP contribution in [-0.4, -0.2) is 55.8 Å². The Morgan fingerprint density at radius 1 is 1.43 bits per heavy atom. The number of alkyl halides is 1. The molecule has 1 heterocycles. The molecular weight excluding hydrogens is 202 g/mol. The van der Waals surface area contributed by atoms with E-state index >= 15 is 0 Å². The fourth-order valence-corrected chi connectivity index (χ4v) is 1.73. The van der Waals surface area contributed by atoms with Crippen LogP contribution < -0.4 is 0 Å². The zero-order chi connectivity index (χ0) is 10.4. The lowest BCUT2D eigenvalue weighted by molar-refractivity contribution is -0.0564. The highest BCUT2D eigenvalue weighted by Gasteiger charge is 2.22. The summed E-state index contributed by atoms with van der Waals surface area (Å²) in [6, 6.07) is 0.505. The van der Waals surface area contributed by atoms with Crippen molar-refractivity contribution in [1.82, 2.24) is 4.90 Å². The molecule has 1 fully saturated rings. The van der Waals surface area contributed by atoms with Gasteiger partial charge in [0.15, 0.2) is 0 Å². The summed E-state index contributed by atoms with van der Waals surface area (Å²) >= 11 is 5.52. The van der Waals surface area contributed by atoms with Crippen LogP contribution >= 0.6 is 11.6 Å². The van der Waals surface area contributed by atoms with Gasteiger partial charge in [0, 0.05) is 25.0 Å². The van der Waals surface area contributed by atoms with Crippen molar-refractivity contribution in [3.05, 3.63) is 0 Å². The van der Waals surface area contributed by atoms with Gasteiger partial charge in [0.2, 0.25) is 0 Å². The quantitative estimate of drug-likeness (QED) is 0.517. The largest absolute Gasteiger partial charge is 0.379 e. The number of rotatable bonds is 5. The summed E-state index contributed by atoms with van der Waals surface area (Å²) in [5.41, 5.74) is 0. The Hall–Kier alpha value is 0.170. The highest BCUT2D eigenvalue weighted by molar-refractivity contribution is 6.17. The molecule has 0 aromatic heterocycles. The molecular formula is C10H20ClNO2. The van der Waals surface area contributed by atoms with E-state index < -0.39 is 0 Å². The van der Waals surface area contributed by atoms with Crippen LogP contribution in [0.3, 0.4) is 0 Å². The number of halogens is 1. The molecule has 0 radical (unpaired) electrons. The first kappa shape index (κ1) is 12.2. The van der Waals surface area contributed by atoms with Crippen molar-refractivity contribution < 1.29 is 9.47 Å². The zero-order valence-corrected chi connectivity index (χ0v) is 9.79. The molecule has 0 spiro atoms. The molecule has 84 valence electrons. The van der Waals surface area contributed by atoms with Gasteiger partial charge in [-0.25, -0.2) is 0 Å². The van der Waals surface area contributed by atoms with Crippen molar-refractivity contribution in [2.45, 2.75) is 26.0 Å². The maximum atomic E-state index is 5.54. The number of ether oxygens (including phenoxy) is 2. The second-order valence-corrected chi connectivity index (χ2v) is 4.17. The Morgan fingerprint density at radius 3 is 2.93 bits per heavy atom. The lowest BCUT2D eigenvalue weighted by Gasteiger charge is -2.36. The van der Waals surface area contributed by atoms with E-state index in [-0.39, 0.29) is 0 Å². The average molecular weight is 222 g/mol. The van der Waals surface area contributed by atoms with Gasteiger partial charge in [0.05, 0.1) is 25.9 Å². The normalized spacial score (nSPS) is 29.4. The minimum Gasteiger partial charge on any atom is -0.379 e. The number of hydrogen-bond acceptors (Lipinski definition) is 3. The van der Waals surface area contributed by atoms with Gasteiger partial charge in [-0.1, -0.05) is 0 Å². The standard InChI is InChI=1S/C10H20ClNO2/c1-9-8-14-10(2)7-12(9)4-6-13-5-3-11/h9-10H,3-8H2,1-2H3. The monoisotopic (exact) mass is 221 g/mol. The number of hydrogen-bond donors (Lipinski definition) is 0. The second-order valence-electron chi connectivity index (χ2n) is 3.79. The molecule has 4 heteroatoms.